The van der Waals surface area contributed by atoms with Gasteiger partial charge in [0.15, 0.2) is 5.90 Å². The van der Waals surface area contributed by atoms with E-state index in [9.17, 15) is 5.11 Å². The molecule has 2 bridgehead atoms. The van der Waals surface area contributed by atoms with Crippen LogP contribution in [0.5, 0.6) is 0 Å². The second kappa shape index (κ2) is 4.33. The minimum absolute atomic E-state index is 0.0802. The number of fused-ring (bicyclic) bond motifs is 2. The van der Waals surface area contributed by atoms with Gasteiger partial charge in [0.2, 0.25) is 0 Å². The lowest BCUT2D eigenvalue weighted by molar-refractivity contribution is 0.0355. The molecule has 0 saturated heterocycles. The first-order chi connectivity index (χ1) is 10.1. The summed E-state index contributed by atoms with van der Waals surface area (Å²) in [5, 5.41) is 10.7. The lowest BCUT2D eigenvalue weighted by atomic mass is 9.68. The number of ether oxygens (including phenoxy) is 1. The second-order valence-electron chi connectivity index (χ2n) is 7.35. The molecule has 3 aliphatic rings. The van der Waals surface area contributed by atoms with Crippen molar-refractivity contribution < 1.29 is 9.84 Å². The van der Waals surface area contributed by atoms with Gasteiger partial charge in [0, 0.05) is 0 Å². The zero-order valence-electron chi connectivity index (χ0n) is 12.7. The van der Waals surface area contributed by atoms with E-state index in [-0.39, 0.29) is 23.0 Å². The number of aliphatic hydroxyl groups is 1. The number of nitrogens with zero attached hydrogens (tertiary/aromatic N) is 1. The fourth-order valence-corrected chi connectivity index (χ4v) is 4.92. The van der Waals surface area contributed by atoms with Gasteiger partial charge in [-0.05, 0) is 36.2 Å². The van der Waals surface area contributed by atoms with Crippen molar-refractivity contribution in [2.24, 2.45) is 21.7 Å². The summed E-state index contributed by atoms with van der Waals surface area (Å²) < 4.78 is 6.02. The second-order valence-corrected chi connectivity index (χ2v) is 7.35. The molecule has 1 aromatic carbocycles. The van der Waals surface area contributed by atoms with Crippen LogP contribution in [0.1, 0.15) is 44.7 Å². The van der Waals surface area contributed by atoms with E-state index in [4.69, 9.17) is 9.73 Å². The van der Waals surface area contributed by atoms with Crippen LogP contribution in [-0.2, 0) is 4.74 Å². The van der Waals surface area contributed by atoms with Crippen LogP contribution >= 0.6 is 0 Å². The Morgan fingerprint density at radius 2 is 2.00 bits per heavy atom. The molecule has 1 aliphatic heterocycles. The van der Waals surface area contributed by atoms with Gasteiger partial charge in [-0.25, -0.2) is 4.99 Å². The molecule has 0 aromatic heterocycles. The fraction of sp³-hybridized carbons (Fsp3) is 0.611. The average Bonchev–Trinajstić information content (AvgIpc) is 3.11. The first kappa shape index (κ1) is 13.3. The number of aliphatic imine (C=N–C) groups is 1. The van der Waals surface area contributed by atoms with Crippen molar-refractivity contribution in [3.8, 4) is 0 Å². The standard InChI is InChI=1S/C18H23NO2/c1-17(2)13-8-9-18(17,15(20)10-13)16-19-14(11-21-16)12-6-4-3-5-7-12/h3-7,13-15,20H,8-11H2,1-2H3/t13-,14?,15-,18-/m1/s1. The predicted molar refractivity (Wildman–Crippen MR) is 82.1 cm³/mol. The smallest absolute Gasteiger partial charge is 0.193 e. The van der Waals surface area contributed by atoms with Gasteiger partial charge in [-0.2, -0.15) is 0 Å². The molecule has 2 saturated carbocycles. The fourth-order valence-electron chi connectivity index (χ4n) is 4.92. The van der Waals surface area contributed by atoms with Crippen LogP contribution in [0.25, 0.3) is 0 Å². The van der Waals surface area contributed by atoms with Crippen molar-refractivity contribution in [2.45, 2.75) is 45.3 Å². The lowest BCUT2D eigenvalue weighted by Gasteiger charge is -2.39. The van der Waals surface area contributed by atoms with Gasteiger partial charge in [-0.1, -0.05) is 44.2 Å². The third-order valence-electron chi connectivity index (χ3n) is 6.35. The first-order valence-electron chi connectivity index (χ1n) is 8.00. The molecule has 2 aliphatic carbocycles. The zero-order valence-corrected chi connectivity index (χ0v) is 12.7. The summed E-state index contributed by atoms with van der Waals surface area (Å²) in [5.41, 5.74) is 1.02. The summed E-state index contributed by atoms with van der Waals surface area (Å²) in [5.74, 6) is 1.41. The van der Waals surface area contributed by atoms with E-state index in [1.165, 1.54) is 12.0 Å². The molecule has 0 amide bonds. The van der Waals surface area contributed by atoms with Crippen LogP contribution in [0.4, 0.5) is 0 Å². The van der Waals surface area contributed by atoms with E-state index in [2.05, 4.69) is 26.0 Å². The predicted octanol–water partition coefficient (Wildman–Crippen LogP) is 3.34. The summed E-state index contributed by atoms with van der Waals surface area (Å²) >= 11 is 0. The SMILES string of the molecule is CC1(C)[C@@H]2CC[C@]1(C1=NC(c3ccccc3)CO1)[C@H](O)C2. The van der Waals surface area contributed by atoms with Crippen LogP contribution in [-0.4, -0.2) is 23.7 Å². The van der Waals surface area contributed by atoms with Gasteiger partial charge >= 0.3 is 0 Å². The highest BCUT2D eigenvalue weighted by Gasteiger charge is 2.67. The summed E-state index contributed by atoms with van der Waals surface area (Å²) in [6.45, 7) is 5.17. The number of aliphatic hydroxyl groups excluding tert-OH is 1. The highest BCUT2D eigenvalue weighted by atomic mass is 16.5. The van der Waals surface area contributed by atoms with E-state index in [0.717, 1.165) is 18.7 Å². The molecular formula is C18H23NO2. The van der Waals surface area contributed by atoms with E-state index in [1.807, 2.05) is 18.2 Å². The zero-order chi connectivity index (χ0) is 14.7. The van der Waals surface area contributed by atoms with E-state index in [0.29, 0.717) is 12.5 Å². The molecule has 3 nitrogen and oxygen atoms in total. The molecule has 4 atom stereocenters. The van der Waals surface area contributed by atoms with Crippen molar-refractivity contribution in [1.29, 1.82) is 0 Å². The third kappa shape index (κ3) is 1.61. The number of benzene rings is 1. The van der Waals surface area contributed by atoms with E-state index >= 15 is 0 Å². The van der Waals surface area contributed by atoms with Gasteiger partial charge in [-0.3, -0.25) is 0 Å². The third-order valence-corrected chi connectivity index (χ3v) is 6.35. The molecule has 2 fully saturated rings. The summed E-state index contributed by atoms with van der Waals surface area (Å²) in [7, 11) is 0. The molecule has 21 heavy (non-hydrogen) atoms. The molecule has 1 aromatic rings. The molecule has 112 valence electrons. The topological polar surface area (TPSA) is 41.8 Å². The lowest BCUT2D eigenvalue weighted by Crippen LogP contribution is -2.46. The van der Waals surface area contributed by atoms with Gasteiger partial charge in [-0.15, -0.1) is 0 Å². The Kier molecular flexibility index (Phi) is 2.74. The van der Waals surface area contributed by atoms with Crippen molar-refractivity contribution in [3.05, 3.63) is 35.9 Å². The summed E-state index contributed by atoms with van der Waals surface area (Å²) in [6, 6.07) is 10.4. The molecule has 0 spiro atoms. The van der Waals surface area contributed by atoms with Gasteiger partial charge in [0.05, 0.1) is 11.5 Å². The van der Waals surface area contributed by atoms with Crippen molar-refractivity contribution in [3.63, 3.8) is 0 Å². The molecule has 3 heteroatoms. The van der Waals surface area contributed by atoms with Crippen LogP contribution in [0.15, 0.2) is 35.3 Å². The van der Waals surface area contributed by atoms with E-state index in [1.54, 1.807) is 0 Å². The summed E-state index contributed by atoms with van der Waals surface area (Å²) in [6.07, 6.45) is 2.78. The number of hydrogen-bond donors (Lipinski definition) is 1. The van der Waals surface area contributed by atoms with Crippen molar-refractivity contribution in [1.82, 2.24) is 0 Å². The number of rotatable bonds is 2. The number of hydrogen-bond acceptors (Lipinski definition) is 3. The average molecular weight is 285 g/mol. The van der Waals surface area contributed by atoms with Crippen LogP contribution < -0.4 is 0 Å². The molecule has 0 radical (unpaired) electrons. The monoisotopic (exact) mass is 285 g/mol. The van der Waals surface area contributed by atoms with Crippen LogP contribution in [0, 0.1) is 16.7 Å². The maximum atomic E-state index is 10.7. The minimum Gasteiger partial charge on any atom is -0.478 e. The Morgan fingerprint density at radius 3 is 2.62 bits per heavy atom. The molecule has 1 unspecified atom stereocenters. The normalized spacial score (nSPS) is 40.1. The van der Waals surface area contributed by atoms with E-state index < -0.39 is 0 Å². The maximum Gasteiger partial charge on any atom is 0.193 e. The van der Waals surface area contributed by atoms with Gasteiger partial charge < -0.3 is 9.84 Å². The Hall–Kier alpha value is -1.35. The quantitative estimate of drug-likeness (QED) is 0.905. The maximum absolute atomic E-state index is 10.7. The van der Waals surface area contributed by atoms with Gasteiger partial charge in [0.25, 0.3) is 0 Å². The molecular weight excluding hydrogens is 262 g/mol. The van der Waals surface area contributed by atoms with Crippen LogP contribution in [0.3, 0.4) is 0 Å². The van der Waals surface area contributed by atoms with Crippen molar-refractivity contribution >= 4 is 5.90 Å². The Labute approximate surface area is 126 Å². The van der Waals surface area contributed by atoms with Crippen molar-refractivity contribution in [2.75, 3.05) is 6.61 Å². The molecule has 1 heterocycles. The Balaban J connectivity index is 1.71. The molecule has 4 rings (SSSR count). The first-order valence-corrected chi connectivity index (χ1v) is 8.00. The summed E-state index contributed by atoms with van der Waals surface area (Å²) in [4.78, 5) is 4.89. The highest BCUT2D eigenvalue weighted by Crippen LogP contribution is 2.66. The molecule has 1 N–H and O–H groups in total. The largest absolute Gasteiger partial charge is 0.478 e. The Morgan fingerprint density at radius 1 is 1.24 bits per heavy atom. The van der Waals surface area contributed by atoms with Crippen LogP contribution in [0.2, 0.25) is 0 Å². The minimum atomic E-state index is -0.306. The van der Waals surface area contributed by atoms with Gasteiger partial charge in [0.1, 0.15) is 12.6 Å². The highest BCUT2D eigenvalue weighted by molar-refractivity contribution is 5.87. The Bertz CT molecular complexity index is 580.